The predicted octanol–water partition coefficient (Wildman–Crippen LogP) is 2.35. The van der Waals surface area contributed by atoms with Gasteiger partial charge in [0, 0.05) is 12.4 Å². The fourth-order valence-electron chi connectivity index (χ4n) is 2.30. The minimum absolute atomic E-state index is 0.101. The van der Waals surface area contributed by atoms with Gasteiger partial charge in [0.2, 0.25) is 5.88 Å². The number of carbonyl (C=O) groups is 1. The van der Waals surface area contributed by atoms with Gasteiger partial charge < -0.3 is 14.6 Å². The summed E-state index contributed by atoms with van der Waals surface area (Å²) in [5.74, 6) is -0.922. The number of nitrogens with one attached hydrogen (secondary N) is 1. The Morgan fingerprint density at radius 2 is 2.12 bits per heavy atom. The molecular formula is C15H11ClF3N3O3. The number of nitrogens with zero attached hydrogens (tertiary/aromatic N) is 2. The van der Waals surface area contributed by atoms with Crippen LogP contribution in [0.15, 0.2) is 35.4 Å². The van der Waals surface area contributed by atoms with Crippen LogP contribution in [0.4, 0.5) is 13.2 Å². The van der Waals surface area contributed by atoms with Crippen molar-refractivity contribution in [1.29, 1.82) is 0 Å². The van der Waals surface area contributed by atoms with E-state index in [1.807, 2.05) is 0 Å². The second-order valence-electron chi connectivity index (χ2n) is 5.37. The van der Waals surface area contributed by atoms with Crippen molar-refractivity contribution in [1.82, 2.24) is 14.9 Å². The summed E-state index contributed by atoms with van der Waals surface area (Å²) in [6.45, 7) is 0.201. The molecule has 0 spiro atoms. The van der Waals surface area contributed by atoms with E-state index in [0.717, 1.165) is 6.07 Å². The van der Waals surface area contributed by atoms with Crippen LogP contribution < -0.4 is 10.3 Å². The van der Waals surface area contributed by atoms with Gasteiger partial charge in [-0.15, -0.1) is 0 Å². The molecule has 1 fully saturated rings. The molecule has 0 unspecified atom stereocenters. The number of ether oxygens (including phenoxy) is 1. The number of likely N-dealkylation sites (tertiary alicyclic amines) is 1. The Bertz CT molecular complexity index is 863. The van der Waals surface area contributed by atoms with Crippen LogP contribution in [0.25, 0.3) is 0 Å². The van der Waals surface area contributed by atoms with Crippen molar-refractivity contribution in [2.75, 3.05) is 13.1 Å². The maximum atomic E-state index is 12.9. The number of rotatable bonds is 3. The number of alkyl halides is 3. The topological polar surface area (TPSA) is 75.3 Å². The zero-order valence-electron chi connectivity index (χ0n) is 12.5. The molecular weight excluding hydrogens is 363 g/mol. The van der Waals surface area contributed by atoms with Crippen LogP contribution in [-0.4, -0.2) is 40.0 Å². The first-order valence-corrected chi connectivity index (χ1v) is 7.50. The lowest BCUT2D eigenvalue weighted by Crippen LogP contribution is -2.56. The zero-order chi connectivity index (χ0) is 18.2. The van der Waals surface area contributed by atoms with Crippen molar-refractivity contribution in [2.45, 2.75) is 12.3 Å². The average molecular weight is 374 g/mol. The van der Waals surface area contributed by atoms with Crippen LogP contribution in [0.5, 0.6) is 5.88 Å². The van der Waals surface area contributed by atoms with E-state index in [2.05, 4.69) is 9.97 Å². The van der Waals surface area contributed by atoms with Crippen LogP contribution >= 0.6 is 11.6 Å². The summed E-state index contributed by atoms with van der Waals surface area (Å²) in [7, 11) is 0. The van der Waals surface area contributed by atoms with E-state index < -0.39 is 35.2 Å². The molecule has 1 aliphatic rings. The number of hydrogen-bond acceptors (Lipinski definition) is 4. The van der Waals surface area contributed by atoms with E-state index in [0.29, 0.717) is 0 Å². The second-order valence-corrected chi connectivity index (χ2v) is 5.78. The SMILES string of the molecule is O=C(c1c[nH]c(=O)c(Cl)c1)N1CC(Oc2ncccc2C(F)(F)F)C1. The van der Waals surface area contributed by atoms with Crippen molar-refractivity contribution in [3.05, 3.63) is 57.1 Å². The summed E-state index contributed by atoms with van der Waals surface area (Å²) in [4.78, 5) is 30.7. The third-order valence-corrected chi connectivity index (χ3v) is 3.88. The molecule has 132 valence electrons. The smallest absolute Gasteiger partial charge is 0.421 e. The minimum Gasteiger partial charge on any atom is -0.470 e. The largest absolute Gasteiger partial charge is 0.470 e. The number of amides is 1. The van der Waals surface area contributed by atoms with Crippen molar-refractivity contribution in [3.63, 3.8) is 0 Å². The van der Waals surface area contributed by atoms with E-state index >= 15 is 0 Å². The highest BCUT2D eigenvalue weighted by Crippen LogP contribution is 2.35. The minimum atomic E-state index is -4.57. The molecule has 3 heterocycles. The van der Waals surface area contributed by atoms with E-state index in [1.54, 1.807) is 0 Å². The van der Waals surface area contributed by atoms with Crippen LogP contribution in [-0.2, 0) is 6.18 Å². The van der Waals surface area contributed by atoms with E-state index in [9.17, 15) is 22.8 Å². The van der Waals surface area contributed by atoms with Crippen molar-refractivity contribution < 1.29 is 22.7 Å². The van der Waals surface area contributed by atoms with Gasteiger partial charge in [-0.1, -0.05) is 11.6 Å². The molecule has 3 rings (SSSR count). The summed E-state index contributed by atoms with van der Waals surface area (Å²) in [6, 6.07) is 3.29. The summed E-state index contributed by atoms with van der Waals surface area (Å²) < 4.78 is 43.9. The van der Waals surface area contributed by atoms with Crippen LogP contribution in [0.1, 0.15) is 15.9 Å². The van der Waals surface area contributed by atoms with Gasteiger partial charge in [-0.2, -0.15) is 13.2 Å². The molecule has 1 amide bonds. The fraction of sp³-hybridized carbons (Fsp3) is 0.267. The Labute approximate surface area is 144 Å². The van der Waals surface area contributed by atoms with Crippen molar-refractivity contribution in [3.8, 4) is 5.88 Å². The standard InChI is InChI=1S/C15H11ClF3N3O3/c16-11-4-8(5-21-12(11)23)14(24)22-6-9(7-22)25-13-10(15(17,18)19)2-1-3-20-13/h1-5,9H,6-7H2,(H,21,23). The normalized spacial score (nSPS) is 15.0. The Hall–Kier alpha value is -2.55. The number of aromatic amines is 1. The molecule has 6 nitrogen and oxygen atoms in total. The number of hydrogen-bond donors (Lipinski definition) is 1. The molecule has 0 atom stereocenters. The van der Waals surface area contributed by atoms with E-state index in [-0.39, 0.29) is 23.7 Å². The fourth-order valence-corrected chi connectivity index (χ4v) is 2.47. The van der Waals surface area contributed by atoms with E-state index in [1.165, 1.54) is 29.4 Å². The number of aromatic nitrogens is 2. The van der Waals surface area contributed by atoms with Crippen LogP contribution in [0.3, 0.4) is 0 Å². The summed E-state index contributed by atoms with van der Waals surface area (Å²) in [6.07, 6.45) is -2.74. The molecule has 2 aromatic heterocycles. The molecule has 0 radical (unpaired) electrons. The number of H-pyrrole nitrogens is 1. The van der Waals surface area contributed by atoms with Crippen LogP contribution in [0, 0.1) is 0 Å². The second kappa shape index (κ2) is 6.40. The zero-order valence-corrected chi connectivity index (χ0v) is 13.3. The lowest BCUT2D eigenvalue weighted by Gasteiger charge is -2.38. The predicted molar refractivity (Wildman–Crippen MR) is 81.6 cm³/mol. The van der Waals surface area contributed by atoms with Gasteiger partial charge >= 0.3 is 6.18 Å². The van der Waals surface area contributed by atoms with Gasteiger partial charge in [-0.25, -0.2) is 4.98 Å². The van der Waals surface area contributed by atoms with Crippen LogP contribution in [0.2, 0.25) is 5.02 Å². The third-order valence-electron chi connectivity index (χ3n) is 3.59. The molecule has 0 aromatic carbocycles. The molecule has 0 aliphatic carbocycles. The summed E-state index contributed by atoms with van der Waals surface area (Å²) in [5.41, 5.74) is -1.30. The lowest BCUT2D eigenvalue weighted by molar-refractivity contribution is -0.140. The Morgan fingerprint density at radius 1 is 1.40 bits per heavy atom. The lowest BCUT2D eigenvalue weighted by atomic mass is 10.1. The maximum absolute atomic E-state index is 12.9. The highest BCUT2D eigenvalue weighted by atomic mass is 35.5. The molecule has 10 heteroatoms. The molecule has 1 saturated heterocycles. The quantitative estimate of drug-likeness (QED) is 0.896. The molecule has 1 aliphatic heterocycles. The Kier molecular flexibility index (Phi) is 4.42. The highest BCUT2D eigenvalue weighted by molar-refractivity contribution is 6.30. The van der Waals surface area contributed by atoms with Gasteiger partial charge in [0.15, 0.2) is 0 Å². The summed E-state index contributed by atoms with van der Waals surface area (Å²) in [5, 5.41) is -0.123. The molecule has 0 bridgehead atoms. The first kappa shape index (κ1) is 17.3. The number of halogens is 4. The first-order valence-electron chi connectivity index (χ1n) is 7.12. The Balaban J connectivity index is 1.64. The molecule has 25 heavy (non-hydrogen) atoms. The molecule has 2 aromatic rings. The van der Waals surface area contributed by atoms with Gasteiger partial charge in [-0.05, 0) is 18.2 Å². The maximum Gasteiger partial charge on any atom is 0.421 e. The molecule has 0 saturated carbocycles. The van der Waals surface area contributed by atoms with Gasteiger partial charge in [0.25, 0.3) is 11.5 Å². The van der Waals surface area contributed by atoms with Crippen molar-refractivity contribution >= 4 is 17.5 Å². The highest BCUT2D eigenvalue weighted by Gasteiger charge is 2.38. The molecule has 1 N–H and O–H groups in total. The average Bonchev–Trinajstić information content (AvgIpc) is 2.52. The summed E-state index contributed by atoms with van der Waals surface area (Å²) >= 11 is 5.67. The Morgan fingerprint density at radius 3 is 2.76 bits per heavy atom. The number of pyridine rings is 2. The monoisotopic (exact) mass is 373 g/mol. The van der Waals surface area contributed by atoms with Crippen molar-refractivity contribution in [2.24, 2.45) is 0 Å². The van der Waals surface area contributed by atoms with E-state index in [4.69, 9.17) is 16.3 Å². The van der Waals surface area contributed by atoms with Gasteiger partial charge in [0.1, 0.15) is 16.7 Å². The number of carbonyl (C=O) groups excluding carboxylic acids is 1. The van der Waals surface area contributed by atoms with Gasteiger partial charge in [0.05, 0.1) is 18.7 Å². The first-order chi connectivity index (χ1) is 11.8. The third kappa shape index (κ3) is 3.60. The van der Waals surface area contributed by atoms with Gasteiger partial charge in [-0.3, -0.25) is 9.59 Å².